The molecule has 0 radical (unpaired) electrons. The molecule has 1 fully saturated rings. The Kier molecular flexibility index (Phi) is 4.67. The van der Waals surface area contributed by atoms with Crippen LogP contribution in [0.15, 0.2) is 0 Å². The van der Waals surface area contributed by atoms with Crippen molar-refractivity contribution in [3.05, 3.63) is 0 Å². The molecule has 0 aromatic carbocycles. The fourth-order valence-electron chi connectivity index (χ4n) is 2.33. The summed E-state index contributed by atoms with van der Waals surface area (Å²) in [6.45, 7) is 5.76. The van der Waals surface area contributed by atoms with E-state index in [1.54, 1.807) is 0 Å². The molecule has 1 saturated carbocycles. The Bertz CT molecular complexity index is 106. The lowest BCUT2D eigenvalue weighted by molar-refractivity contribution is 0.350. The summed E-state index contributed by atoms with van der Waals surface area (Å²) < 4.78 is 0. The molecule has 0 spiro atoms. The lowest BCUT2D eigenvalue weighted by atomic mass is 9.96. The number of nitrogens with one attached hydrogen (secondary N) is 1. The van der Waals surface area contributed by atoms with E-state index in [1.165, 1.54) is 45.1 Å². The van der Waals surface area contributed by atoms with Gasteiger partial charge in [-0.15, -0.1) is 0 Å². The average Bonchev–Trinajstić information content (AvgIpc) is 2.59. The Morgan fingerprint density at radius 1 is 1.25 bits per heavy atom. The van der Waals surface area contributed by atoms with E-state index in [2.05, 4.69) is 19.2 Å². The summed E-state index contributed by atoms with van der Waals surface area (Å²) in [6, 6.07) is 0.812. The van der Waals surface area contributed by atoms with Crippen LogP contribution >= 0.6 is 0 Å². The summed E-state index contributed by atoms with van der Waals surface area (Å²) in [5.74, 6) is 0.988. The van der Waals surface area contributed by atoms with Gasteiger partial charge in [-0.3, -0.25) is 0 Å². The van der Waals surface area contributed by atoms with Crippen LogP contribution in [0.1, 0.15) is 52.4 Å². The maximum Gasteiger partial charge on any atom is 0.00926 e. The monoisotopic (exact) mass is 169 g/mol. The van der Waals surface area contributed by atoms with Crippen molar-refractivity contribution < 1.29 is 0 Å². The second kappa shape index (κ2) is 5.58. The Labute approximate surface area is 76.9 Å². The number of hydrogen-bond acceptors (Lipinski definition) is 1. The van der Waals surface area contributed by atoms with Crippen LogP contribution in [-0.2, 0) is 0 Å². The van der Waals surface area contributed by atoms with E-state index in [0.29, 0.717) is 0 Å². The van der Waals surface area contributed by atoms with E-state index in [9.17, 15) is 0 Å². The molecule has 1 aliphatic rings. The van der Waals surface area contributed by atoms with Gasteiger partial charge in [0, 0.05) is 6.04 Å². The molecular formula is C11H23N. The van der Waals surface area contributed by atoms with Crippen molar-refractivity contribution >= 4 is 0 Å². The van der Waals surface area contributed by atoms with Gasteiger partial charge in [-0.1, -0.05) is 26.7 Å². The van der Waals surface area contributed by atoms with E-state index in [4.69, 9.17) is 0 Å². The molecule has 1 nitrogen and oxygen atoms in total. The summed E-state index contributed by atoms with van der Waals surface area (Å²) in [7, 11) is 0. The molecule has 0 amide bonds. The first-order chi connectivity index (χ1) is 5.88. The SMILES string of the molecule is CCCNC(CC)C1CCCC1. The van der Waals surface area contributed by atoms with Crippen LogP contribution in [0.5, 0.6) is 0 Å². The van der Waals surface area contributed by atoms with E-state index >= 15 is 0 Å². The molecule has 72 valence electrons. The lowest BCUT2D eigenvalue weighted by Gasteiger charge is -2.23. The van der Waals surface area contributed by atoms with Gasteiger partial charge in [0.05, 0.1) is 0 Å². The summed E-state index contributed by atoms with van der Waals surface area (Å²) in [5, 5.41) is 3.66. The van der Waals surface area contributed by atoms with Crippen molar-refractivity contribution in [1.29, 1.82) is 0 Å². The minimum absolute atomic E-state index is 0.812. The molecule has 0 saturated heterocycles. The van der Waals surface area contributed by atoms with Crippen molar-refractivity contribution in [2.75, 3.05) is 6.54 Å². The topological polar surface area (TPSA) is 12.0 Å². The largest absolute Gasteiger partial charge is 0.314 e. The van der Waals surface area contributed by atoms with Gasteiger partial charge in [-0.25, -0.2) is 0 Å². The third kappa shape index (κ3) is 2.78. The van der Waals surface area contributed by atoms with Crippen molar-refractivity contribution in [1.82, 2.24) is 5.32 Å². The average molecular weight is 169 g/mol. The predicted molar refractivity (Wildman–Crippen MR) is 54.3 cm³/mol. The Hall–Kier alpha value is -0.0400. The van der Waals surface area contributed by atoms with Gasteiger partial charge in [-0.05, 0) is 38.1 Å². The molecule has 1 unspecified atom stereocenters. The lowest BCUT2D eigenvalue weighted by Crippen LogP contribution is -2.34. The third-order valence-corrected chi connectivity index (χ3v) is 3.07. The zero-order chi connectivity index (χ0) is 8.81. The Balaban J connectivity index is 2.22. The normalized spacial score (nSPS) is 21.5. The van der Waals surface area contributed by atoms with Crippen LogP contribution in [-0.4, -0.2) is 12.6 Å². The van der Waals surface area contributed by atoms with Crippen LogP contribution < -0.4 is 5.32 Å². The summed E-state index contributed by atoms with van der Waals surface area (Å²) in [5.41, 5.74) is 0. The molecule has 1 heteroatoms. The molecule has 12 heavy (non-hydrogen) atoms. The van der Waals surface area contributed by atoms with Gasteiger partial charge in [-0.2, -0.15) is 0 Å². The summed E-state index contributed by atoms with van der Waals surface area (Å²) in [4.78, 5) is 0. The first kappa shape index (κ1) is 10.0. The van der Waals surface area contributed by atoms with Gasteiger partial charge in [0.1, 0.15) is 0 Å². The van der Waals surface area contributed by atoms with Gasteiger partial charge in [0.2, 0.25) is 0 Å². The second-order valence-electron chi connectivity index (χ2n) is 4.01. The highest BCUT2D eigenvalue weighted by molar-refractivity contribution is 4.79. The van der Waals surface area contributed by atoms with Gasteiger partial charge in [0.25, 0.3) is 0 Å². The molecular weight excluding hydrogens is 146 g/mol. The highest BCUT2D eigenvalue weighted by Crippen LogP contribution is 2.28. The van der Waals surface area contributed by atoms with Crippen molar-refractivity contribution in [2.45, 2.75) is 58.4 Å². The smallest absolute Gasteiger partial charge is 0.00926 e. The molecule has 0 bridgehead atoms. The fourth-order valence-corrected chi connectivity index (χ4v) is 2.33. The molecule has 1 atom stereocenters. The standard InChI is InChI=1S/C11H23N/c1-3-9-12-11(4-2)10-7-5-6-8-10/h10-12H,3-9H2,1-2H3. The van der Waals surface area contributed by atoms with Crippen LogP contribution in [0.3, 0.4) is 0 Å². The van der Waals surface area contributed by atoms with Crippen molar-refractivity contribution in [2.24, 2.45) is 5.92 Å². The van der Waals surface area contributed by atoms with Crippen molar-refractivity contribution in [3.8, 4) is 0 Å². The molecule has 0 aliphatic heterocycles. The summed E-state index contributed by atoms with van der Waals surface area (Å²) in [6.07, 6.45) is 8.45. The zero-order valence-electron chi connectivity index (χ0n) is 8.60. The van der Waals surface area contributed by atoms with Gasteiger partial charge < -0.3 is 5.32 Å². The Morgan fingerprint density at radius 3 is 2.42 bits per heavy atom. The zero-order valence-corrected chi connectivity index (χ0v) is 8.60. The maximum absolute atomic E-state index is 3.66. The number of rotatable bonds is 5. The van der Waals surface area contributed by atoms with E-state index < -0.39 is 0 Å². The highest BCUT2D eigenvalue weighted by atomic mass is 14.9. The quantitative estimate of drug-likeness (QED) is 0.667. The highest BCUT2D eigenvalue weighted by Gasteiger charge is 2.22. The molecule has 0 aromatic rings. The molecule has 1 aliphatic carbocycles. The van der Waals surface area contributed by atoms with Crippen LogP contribution in [0.25, 0.3) is 0 Å². The first-order valence-electron chi connectivity index (χ1n) is 5.61. The fraction of sp³-hybridized carbons (Fsp3) is 1.00. The summed E-state index contributed by atoms with van der Waals surface area (Å²) >= 11 is 0. The van der Waals surface area contributed by atoms with E-state index in [-0.39, 0.29) is 0 Å². The number of hydrogen-bond donors (Lipinski definition) is 1. The van der Waals surface area contributed by atoms with Gasteiger partial charge in [0.15, 0.2) is 0 Å². The minimum atomic E-state index is 0.812. The van der Waals surface area contributed by atoms with Crippen molar-refractivity contribution in [3.63, 3.8) is 0 Å². The minimum Gasteiger partial charge on any atom is -0.314 e. The maximum atomic E-state index is 3.66. The predicted octanol–water partition coefficient (Wildman–Crippen LogP) is 2.95. The Morgan fingerprint density at radius 2 is 1.92 bits per heavy atom. The van der Waals surface area contributed by atoms with Crippen LogP contribution in [0, 0.1) is 5.92 Å². The van der Waals surface area contributed by atoms with E-state index in [1.807, 2.05) is 0 Å². The molecule has 0 heterocycles. The van der Waals surface area contributed by atoms with Crippen LogP contribution in [0.2, 0.25) is 0 Å². The molecule has 1 rings (SSSR count). The third-order valence-electron chi connectivity index (χ3n) is 3.07. The second-order valence-corrected chi connectivity index (χ2v) is 4.01. The van der Waals surface area contributed by atoms with E-state index in [0.717, 1.165) is 12.0 Å². The molecule has 0 aromatic heterocycles. The van der Waals surface area contributed by atoms with Gasteiger partial charge >= 0.3 is 0 Å². The first-order valence-corrected chi connectivity index (χ1v) is 5.61. The molecule has 1 N–H and O–H groups in total. The van der Waals surface area contributed by atoms with Crippen LogP contribution in [0.4, 0.5) is 0 Å².